The van der Waals surface area contributed by atoms with Crippen molar-refractivity contribution in [1.29, 1.82) is 0 Å². The molecule has 0 unspecified atom stereocenters. The number of fused-ring (bicyclic) bond motifs is 11. The molecule has 8 aromatic carbocycles. The number of hydrogen-bond acceptors (Lipinski definition) is 4. The first-order valence-corrected chi connectivity index (χ1v) is 18.6. The summed E-state index contributed by atoms with van der Waals surface area (Å²) in [4.78, 5) is 11.0. The van der Waals surface area contributed by atoms with Gasteiger partial charge in [-0.15, -0.1) is 11.3 Å². The maximum Gasteiger partial charge on any atom is 0.235 e. The number of rotatable bonds is 3. The SMILES string of the molecule is c1ccc(-c2nc(-n3c4cc5ccccc5cc4c4cccc(-c5c6ccccc6cc6c5oc5ccccc56)c43)nc3c2sc2ccccc23)cc1. The Bertz CT molecular complexity index is 3460. The van der Waals surface area contributed by atoms with Crippen LogP contribution in [-0.2, 0) is 0 Å². The summed E-state index contributed by atoms with van der Waals surface area (Å²) in [5.74, 6) is 0.642. The molecule has 0 fully saturated rings. The third kappa shape index (κ3) is 4.11. The van der Waals surface area contributed by atoms with Gasteiger partial charge in [-0.2, -0.15) is 0 Å². The molecule has 53 heavy (non-hydrogen) atoms. The summed E-state index contributed by atoms with van der Waals surface area (Å²) in [6, 6.07) is 58.2. The number of benzene rings is 8. The van der Waals surface area contributed by atoms with Crippen molar-refractivity contribution in [2.24, 2.45) is 0 Å². The topological polar surface area (TPSA) is 43.9 Å². The van der Waals surface area contributed by atoms with Gasteiger partial charge >= 0.3 is 0 Å². The van der Waals surface area contributed by atoms with E-state index in [-0.39, 0.29) is 0 Å². The average molecular weight is 694 g/mol. The Kier molecular flexibility index (Phi) is 5.90. The van der Waals surface area contributed by atoms with Gasteiger partial charge in [0.15, 0.2) is 0 Å². The first kappa shape index (κ1) is 28.8. The lowest BCUT2D eigenvalue weighted by molar-refractivity contribution is 0.670. The molecule has 0 bridgehead atoms. The Morgan fingerprint density at radius 3 is 2.06 bits per heavy atom. The predicted molar refractivity (Wildman–Crippen MR) is 222 cm³/mol. The molecule has 5 heteroatoms. The number of furan rings is 1. The van der Waals surface area contributed by atoms with Crippen molar-refractivity contribution in [2.75, 3.05) is 0 Å². The zero-order chi connectivity index (χ0) is 34.6. The summed E-state index contributed by atoms with van der Waals surface area (Å²) in [5.41, 5.74) is 8.98. The van der Waals surface area contributed by atoms with Crippen LogP contribution in [0.2, 0.25) is 0 Å². The van der Waals surface area contributed by atoms with E-state index in [2.05, 4.69) is 162 Å². The molecule has 0 saturated carbocycles. The molecule has 12 rings (SSSR count). The molecule has 0 aliphatic heterocycles. The fourth-order valence-electron chi connectivity index (χ4n) is 8.42. The van der Waals surface area contributed by atoms with Gasteiger partial charge in [0.25, 0.3) is 0 Å². The molecule has 4 heterocycles. The average Bonchev–Trinajstić information content (AvgIpc) is 3.88. The molecule has 0 atom stereocenters. The third-order valence-corrected chi connectivity index (χ3v) is 11.9. The van der Waals surface area contributed by atoms with Crippen LogP contribution in [0.25, 0.3) is 114 Å². The Labute approximate surface area is 306 Å². The first-order valence-electron chi connectivity index (χ1n) is 17.8. The molecule has 0 saturated heterocycles. The molecule has 246 valence electrons. The summed E-state index contributed by atoms with van der Waals surface area (Å²) in [7, 11) is 0. The summed E-state index contributed by atoms with van der Waals surface area (Å²) < 4.78 is 11.4. The summed E-state index contributed by atoms with van der Waals surface area (Å²) in [5, 5.41) is 10.3. The highest BCUT2D eigenvalue weighted by atomic mass is 32.1. The zero-order valence-electron chi connectivity index (χ0n) is 28.2. The van der Waals surface area contributed by atoms with Crippen molar-refractivity contribution in [3.63, 3.8) is 0 Å². The maximum atomic E-state index is 6.81. The van der Waals surface area contributed by atoms with Gasteiger partial charge in [0.1, 0.15) is 11.2 Å². The van der Waals surface area contributed by atoms with E-state index in [1.165, 1.54) is 20.9 Å². The van der Waals surface area contributed by atoms with E-state index in [0.717, 1.165) is 87.1 Å². The smallest absolute Gasteiger partial charge is 0.235 e. The normalized spacial score (nSPS) is 12.2. The molecule has 4 aromatic heterocycles. The minimum absolute atomic E-state index is 0.642. The van der Waals surface area contributed by atoms with Crippen molar-refractivity contribution in [3.8, 4) is 28.3 Å². The lowest BCUT2D eigenvalue weighted by Crippen LogP contribution is -2.03. The number of para-hydroxylation sites is 2. The molecule has 12 aromatic rings. The van der Waals surface area contributed by atoms with Gasteiger partial charge in [0.2, 0.25) is 5.95 Å². The van der Waals surface area contributed by atoms with Crippen LogP contribution in [0.1, 0.15) is 0 Å². The number of nitrogens with zero attached hydrogens (tertiary/aromatic N) is 3. The largest absolute Gasteiger partial charge is 0.455 e. The van der Waals surface area contributed by atoms with Gasteiger partial charge in [0, 0.05) is 48.3 Å². The fourth-order valence-corrected chi connectivity index (χ4v) is 9.58. The van der Waals surface area contributed by atoms with Gasteiger partial charge in [-0.25, -0.2) is 9.97 Å². The molecular weight excluding hydrogens is 667 g/mol. The summed E-state index contributed by atoms with van der Waals surface area (Å²) in [6.07, 6.45) is 0. The summed E-state index contributed by atoms with van der Waals surface area (Å²) >= 11 is 1.76. The zero-order valence-corrected chi connectivity index (χ0v) is 29.1. The van der Waals surface area contributed by atoms with Crippen molar-refractivity contribution in [1.82, 2.24) is 14.5 Å². The quantitative estimate of drug-likeness (QED) is 0.185. The van der Waals surface area contributed by atoms with Crippen LogP contribution < -0.4 is 0 Å². The molecule has 0 spiro atoms. The minimum Gasteiger partial charge on any atom is -0.455 e. The number of aromatic nitrogens is 3. The van der Waals surface area contributed by atoms with Crippen LogP contribution in [0.3, 0.4) is 0 Å². The van der Waals surface area contributed by atoms with Crippen molar-refractivity contribution in [2.45, 2.75) is 0 Å². The van der Waals surface area contributed by atoms with E-state index < -0.39 is 0 Å². The minimum atomic E-state index is 0.642. The van der Waals surface area contributed by atoms with E-state index in [1.807, 2.05) is 6.07 Å². The number of thiophene rings is 1. The molecule has 0 aliphatic carbocycles. The molecular formula is C48H27N3OS. The van der Waals surface area contributed by atoms with E-state index in [4.69, 9.17) is 14.4 Å². The van der Waals surface area contributed by atoms with Crippen LogP contribution in [0.4, 0.5) is 0 Å². The Hall–Kier alpha value is -6.82. The standard InChI is InChI=1S/C48H27N3OS/c1-2-13-28(14-3-1)43-47-44(35-20-9-11-24-41(35)53-47)50-48(49-43)51-39-27-30-16-5-4-15-29(30)25-37(39)34-21-12-22-36(45(34)51)42-32-18-7-6-17-31(32)26-38-33-19-8-10-23-40(33)52-46(38)42/h1-27H. The van der Waals surface area contributed by atoms with Gasteiger partial charge in [0.05, 0.1) is 26.9 Å². The Morgan fingerprint density at radius 1 is 0.509 bits per heavy atom. The van der Waals surface area contributed by atoms with Crippen LogP contribution in [-0.4, -0.2) is 14.5 Å². The highest BCUT2D eigenvalue weighted by molar-refractivity contribution is 7.26. The van der Waals surface area contributed by atoms with E-state index in [1.54, 1.807) is 11.3 Å². The highest BCUT2D eigenvalue weighted by Gasteiger charge is 2.25. The predicted octanol–water partition coefficient (Wildman–Crippen LogP) is 13.5. The second-order valence-electron chi connectivity index (χ2n) is 13.7. The molecule has 0 amide bonds. The van der Waals surface area contributed by atoms with E-state index >= 15 is 0 Å². The van der Waals surface area contributed by atoms with Crippen LogP contribution in [0.5, 0.6) is 0 Å². The second kappa shape index (κ2) is 10.8. The maximum absolute atomic E-state index is 6.81. The van der Waals surface area contributed by atoms with Gasteiger partial charge in [-0.3, -0.25) is 4.57 Å². The Balaban J connectivity index is 1.30. The second-order valence-corrected chi connectivity index (χ2v) is 14.8. The Morgan fingerprint density at radius 2 is 1.19 bits per heavy atom. The molecule has 0 aliphatic rings. The fraction of sp³-hybridized carbons (Fsp3) is 0. The lowest BCUT2D eigenvalue weighted by Gasteiger charge is -2.14. The highest BCUT2D eigenvalue weighted by Crippen LogP contribution is 2.47. The van der Waals surface area contributed by atoms with E-state index in [9.17, 15) is 0 Å². The van der Waals surface area contributed by atoms with Crippen LogP contribution in [0.15, 0.2) is 168 Å². The first-order chi connectivity index (χ1) is 26.3. The van der Waals surface area contributed by atoms with E-state index in [0.29, 0.717) is 5.95 Å². The van der Waals surface area contributed by atoms with Crippen molar-refractivity contribution in [3.05, 3.63) is 164 Å². The number of hydrogen-bond donors (Lipinski definition) is 0. The molecule has 0 N–H and O–H groups in total. The summed E-state index contributed by atoms with van der Waals surface area (Å²) in [6.45, 7) is 0. The van der Waals surface area contributed by atoms with Crippen molar-refractivity contribution < 1.29 is 4.42 Å². The molecule has 4 nitrogen and oxygen atoms in total. The van der Waals surface area contributed by atoms with Crippen molar-refractivity contribution >= 4 is 96.9 Å². The van der Waals surface area contributed by atoms with Gasteiger partial charge in [-0.1, -0.05) is 133 Å². The third-order valence-electron chi connectivity index (χ3n) is 10.8. The van der Waals surface area contributed by atoms with Gasteiger partial charge < -0.3 is 4.42 Å². The van der Waals surface area contributed by atoms with Gasteiger partial charge in [-0.05, 0) is 51.9 Å². The van der Waals surface area contributed by atoms with Crippen LogP contribution in [0, 0.1) is 0 Å². The lowest BCUT2D eigenvalue weighted by atomic mass is 9.93. The monoisotopic (exact) mass is 693 g/mol. The molecule has 0 radical (unpaired) electrons. The van der Waals surface area contributed by atoms with Crippen LogP contribution >= 0.6 is 11.3 Å².